The summed E-state index contributed by atoms with van der Waals surface area (Å²) in [5.41, 5.74) is 14.2. The average molecular weight is 899 g/mol. The summed E-state index contributed by atoms with van der Waals surface area (Å²) < 4.78 is 7.01. The van der Waals surface area contributed by atoms with Gasteiger partial charge < -0.3 is 14.5 Å². The predicted octanol–water partition coefficient (Wildman–Crippen LogP) is 18.9. The standard InChI is InChI=1S/C65H42N2OS/c1-65(2)55-22-12-11-21-52(55)53-30-28-44(38-56(53)65)67-58-32-24-40-14-4-6-16-46(40)64(58)69-62-34-26-42(36-60(62)67)41-25-33-61-59(35-41)66(57-31-23-39-13-3-5-15-45(39)63(57)68-61)43-27-29-51-49-19-8-7-17-47(49)48-18-9-10-20-50(48)54(51)37-43/h3-38H,1-2H3. The Balaban J connectivity index is 0.916. The van der Waals surface area contributed by atoms with Crippen LogP contribution < -0.4 is 14.5 Å². The van der Waals surface area contributed by atoms with Gasteiger partial charge in [0.15, 0.2) is 11.5 Å². The molecule has 1 aliphatic carbocycles. The molecule has 12 aromatic carbocycles. The highest BCUT2D eigenvalue weighted by Crippen LogP contribution is 2.58. The number of benzene rings is 12. The van der Waals surface area contributed by atoms with E-state index in [-0.39, 0.29) is 5.41 Å². The van der Waals surface area contributed by atoms with Gasteiger partial charge in [-0.2, -0.15) is 0 Å². The van der Waals surface area contributed by atoms with Gasteiger partial charge in [-0.25, -0.2) is 0 Å². The zero-order valence-electron chi connectivity index (χ0n) is 38.0. The normalized spacial score (nSPS) is 14.1. The maximum atomic E-state index is 7.01. The van der Waals surface area contributed by atoms with Gasteiger partial charge in [-0.15, -0.1) is 0 Å². The van der Waals surface area contributed by atoms with Crippen molar-refractivity contribution in [3.05, 3.63) is 230 Å². The van der Waals surface area contributed by atoms with Crippen molar-refractivity contribution in [2.75, 3.05) is 9.80 Å². The molecule has 3 aliphatic rings. The first-order valence-electron chi connectivity index (χ1n) is 23.8. The topological polar surface area (TPSA) is 15.7 Å². The molecular weight excluding hydrogens is 857 g/mol. The average Bonchev–Trinajstić information content (AvgIpc) is 3.63. The van der Waals surface area contributed by atoms with E-state index in [0.717, 1.165) is 56.1 Å². The molecule has 0 radical (unpaired) electrons. The lowest BCUT2D eigenvalue weighted by Gasteiger charge is -2.35. The number of anilines is 6. The number of ether oxygens (including phenoxy) is 1. The van der Waals surface area contributed by atoms with E-state index < -0.39 is 0 Å². The lowest BCUT2D eigenvalue weighted by Crippen LogP contribution is -2.18. The first kappa shape index (κ1) is 38.8. The van der Waals surface area contributed by atoms with Gasteiger partial charge in [0.1, 0.15) is 0 Å². The van der Waals surface area contributed by atoms with Crippen molar-refractivity contribution in [3.63, 3.8) is 0 Å². The molecule has 0 amide bonds. The summed E-state index contributed by atoms with van der Waals surface area (Å²) >= 11 is 1.88. The Morgan fingerprint density at radius 2 is 0.928 bits per heavy atom. The van der Waals surface area contributed by atoms with E-state index in [0.29, 0.717) is 0 Å². The molecule has 0 bridgehead atoms. The van der Waals surface area contributed by atoms with Gasteiger partial charge in [0.2, 0.25) is 0 Å². The van der Waals surface area contributed by atoms with Crippen LogP contribution in [0.2, 0.25) is 0 Å². The van der Waals surface area contributed by atoms with Gasteiger partial charge in [-0.05, 0) is 143 Å². The third-order valence-electron chi connectivity index (χ3n) is 15.2. The Morgan fingerprint density at radius 3 is 1.70 bits per heavy atom. The van der Waals surface area contributed by atoms with Crippen LogP contribution in [0.4, 0.5) is 34.1 Å². The molecule has 4 heteroatoms. The highest BCUT2D eigenvalue weighted by molar-refractivity contribution is 8.00. The van der Waals surface area contributed by atoms with Gasteiger partial charge in [0, 0.05) is 32.0 Å². The van der Waals surface area contributed by atoms with Crippen molar-refractivity contribution >= 4 is 99.7 Å². The highest BCUT2D eigenvalue weighted by Gasteiger charge is 2.37. The lowest BCUT2D eigenvalue weighted by molar-refractivity contribution is 0.482. The summed E-state index contributed by atoms with van der Waals surface area (Å²) in [7, 11) is 0. The maximum absolute atomic E-state index is 7.01. The molecule has 69 heavy (non-hydrogen) atoms. The van der Waals surface area contributed by atoms with Crippen LogP contribution in [0.3, 0.4) is 0 Å². The van der Waals surface area contributed by atoms with Gasteiger partial charge in [0.05, 0.1) is 22.7 Å². The van der Waals surface area contributed by atoms with Crippen LogP contribution in [0.1, 0.15) is 25.0 Å². The summed E-state index contributed by atoms with van der Waals surface area (Å²) in [4.78, 5) is 7.43. The van der Waals surface area contributed by atoms with E-state index in [1.807, 2.05) is 11.8 Å². The summed E-state index contributed by atoms with van der Waals surface area (Å²) in [5.74, 6) is 1.69. The van der Waals surface area contributed by atoms with Crippen LogP contribution in [-0.4, -0.2) is 0 Å². The van der Waals surface area contributed by atoms with Crippen LogP contribution in [0, 0.1) is 0 Å². The quantitative estimate of drug-likeness (QED) is 0.164. The van der Waals surface area contributed by atoms with E-state index >= 15 is 0 Å². The molecule has 0 saturated carbocycles. The largest absolute Gasteiger partial charge is 0.452 e. The number of hydrogen-bond donors (Lipinski definition) is 0. The van der Waals surface area contributed by atoms with Crippen molar-refractivity contribution < 1.29 is 4.74 Å². The van der Waals surface area contributed by atoms with Crippen molar-refractivity contribution in [1.82, 2.24) is 0 Å². The van der Waals surface area contributed by atoms with Crippen LogP contribution in [0.15, 0.2) is 228 Å². The number of hydrogen-bond acceptors (Lipinski definition) is 4. The zero-order chi connectivity index (χ0) is 45.5. The monoisotopic (exact) mass is 898 g/mol. The second-order valence-corrected chi connectivity index (χ2v) is 20.3. The maximum Gasteiger partial charge on any atom is 0.159 e. The van der Waals surface area contributed by atoms with Crippen molar-refractivity contribution in [2.45, 2.75) is 29.1 Å². The molecule has 0 saturated heterocycles. The van der Waals surface area contributed by atoms with Gasteiger partial charge in [-0.1, -0.05) is 183 Å². The minimum Gasteiger partial charge on any atom is -0.452 e. The molecule has 0 aromatic heterocycles. The number of nitrogens with zero attached hydrogens (tertiary/aromatic N) is 2. The molecule has 2 aliphatic heterocycles. The van der Waals surface area contributed by atoms with Crippen LogP contribution in [0.5, 0.6) is 11.5 Å². The minimum atomic E-state index is -0.128. The minimum absolute atomic E-state index is 0.128. The Morgan fingerprint density at radius 1 is 0.377 bits per heavy atom. The Bertz CT molecular complexity index is 4170. The first-order chi connectivity index (χ1) is 34.0. The molecule has 0 fully saturated rings. The van der Waals surface area contributed by atoms with E-state index in [1.165, 1.54) is 86.5 Å². The molecular formula is C65H42N2OS. The Kier molecular flexibility index (Phi) is 8.06. The molecule has 0 unspecified atom stereocenters. The zero-order valence-corrected chi connectivity index (χ0v) is 38.8. The Hall–Kier alpha value is -8.31. The van der Waals surface area contributed by atoms with E-state index in [2.05, 4.69) is 242 Å². The predicted molar refractivity (Wildman–Crippen MR) is 291 cm³/mol. The van der Waals surface area contributed by atoms with E-state index in [1.54, 1.807) is 0 Å². The molecule has 15 rings (SSSR count). The summed E-state index contributed by atoms with van der Waals surface area (Å²) in [5, 5.41) is 12.3. The van der Waals surface area contributed by atoms with Crippen molar-refractivity contribution in [3.8, 4) is 33.8 Å². The second-order valence-electron chi connectivity index (χ2n) is 19.2. The SMILES string of the molecule is CC1(C)c2ccccc2-c2ccc(N3c4cc(-c5ccc6c(c5)N(c5ccc7c8ccccc8c8ccccc8c7c5)c5ccc7ccccc7c5O6)ccc4Sc4c3ccc3ccccc43)cc21. The third-order valence-corrected chi connectivity index (χ3v) is 16.4. The smallest absolute Gasteiger partial charge is 0.159 e. The highest BCUT2D eigenvalue weighted by atomic mass is 32.2. The molecule has 2 heterocycles. The van der Waals surface area contributed by atoms with Gasteiger partial charge in [-0.3, -0.25) is 0 Å². The van der Waals surface area contributed by atoms with Gasteiger partial charge in [0.25, 0.3) is 0 Å². The number of rotatable bonds is 3. The summed E-state index contributed by atoms with van der Waals surface area (Å²) in [6.45, 7) is 4.74. The van der Waals surface area contributed by atoms with E-state index in [4.69, 9.17) is 4.74 Å². The van der Waals surface area contributed by atoms with Crippen LogP contribution >= 0.6 is 11.8 Å². The summed E-state index contributed by atoms with van der Waals surface area (Å²) in [6, 6.07) is 80.7. The second kappa shape index (κ2) is 14.4. The Labute approximate surface area is 404 Å². The first-order valence-corrected chi connectivity index (χ1v) is 24.6. The molecule has 12 aromatic rings. The fourth-order valence-electron chi connectivity index (χ4n) is 11.8. The fraction of sp³-hybridized carbons (Fsp3) is 0.0462. The molecule has 0 spiro atoms. The molecule has 0 atom stereocenters. The molecule has 0 N–H and O–H groups in total. The number of fused-ring (bicyclic) bond motifs is 17. The van der Waals surface area contributed by atoms with Crippen LogP contribution in [0.25, 0.3) is 76.1 Å². The molecule has 3 nitrogen and oxygen atoms in total. The van der Waals surface area contributed by atoms with E-state index in [9.17, 15) is 0 Å². The third kappa shape index (κ3) is 5.58. The van der Waals surface area contributed by atoms with Crippen LogP contribution in [-0.2, 0) is 5.41 Å². The fourth-order valence-corrected chi connectivity index (χ4v) is 13.0. The lowest BCUT2D eigenvalue weighted by atomic mass is 9.82. The van der Waals surface area contributed by atoms with Gasteiger partial charge >= 0.3 is 0 Å². The molecule has 324 valence electrons. The summed E-state index contributed by atoms with van der Waals surface area (Å²) in [6.07, 6.45) is 0. The van der Waals surface area contributed by atoms with Crippen molar-refractivity contribution in [2.24, 2.45) is 0 Å². The van der Waals surface area contributed by atoms with Crippen molar-refractivity contribution in [1.29, 1.82) is 0 Å².